The molecule has 0 aromatic heterocycles. The van der Waals surface area contributed by atoms with Gasteiger partial charge in [-0.1, -0.05) is 6.08 Å². The monoisotopic (exact) mass is 487 g/mol. The smallest absolute Gasteiger partial charge is 0.0171 e. The summed E-state index contributed by atoms with van der Waals surface area (Å²) < 4.78 is 1.55. The molecule has 168 valence electrons. The maximum absolute atomic E-state index is 12.2. The van der Waals surface area contributed by atoms with Crippen molar-refractivity contribution in [3.63, 3.8) is 0 Å². The summed E-state index contributed by atoms with van der Waals surface area (Å²) in [4.78, 5) is 26.1. The third-order valence-electron chi connectivity index (χ3n) is 5.57. The number of nitrogens with zero attached hydrogens (tertiary/aromatic N) is 1. The second-order valence-electron chi connectivity index (χ2n) is 8.35. The minimum atomic E-state index is -0.0534. The summed E-state index contributed by atoms with van der Waals surface area (Å²) >= 11 is -0.0534. The number of allylic oxidation sites excluding steroid dienone is 5. The number of carbonyl (C=O) groups is 2. The van der Waals surface area contributed by atoms with Crippen molar-refractivity contribution in [2.75, 3.05) is 6.54 Å². The molecule has 0 heterocycles. The van der Waals surface area contributed by atoms with E-state index in [4.69, 9.17) is 0 Å². The zero-order valence-corrected chi connectivity index (χ0v) is 21.1. The average molecular weight is 487 g/mol. The van der Waals surface area contributed by atoms with Gasteiger partial charge in [0.2, 0.25) is 5.91 Å². The summed E-state index contributed by atoms with van der Waals surface area (Å²) in [5, 5.41) is 0. The number of benzene rings is 1. The predicted octanol–water partition coefficient (Wildman–Crippen LogP) is 5.69. The second-order valence-corrected chi connectivity index (χ2v) is 10.7. The van der Waals surface area contributed by atoms with Gasteiger partial charge in [0.05, 0.1) is 0 Å². The minimum Gasteiger partial charge on any atom is -0.0648 e. The van der Waals surface area contributed by atoms with Gasteiger partial charge in [-0.05, 0) is 25.7 Å². The predicted molar refractivity (Wildman–Crippen MR) is 131 cm³/mol. The number of rotatable bonds is 12. The summed E-state index contributed by atoms with van der Waals surface area (Å²) in [5.41, 5.74) is 3.89. The Balaban J connectivity index is 1.68. The number of hydrogen-bond acceptors (Lipinski definition) is 2. The first kappa shape index (κ1) is 25.4. The summed E-state index contributed by atoms with van der Waals surface area (Å²) in [5.74, 6) is 0.135. The molecule has 0 radical (unpaired) electrons. The third kappa shape index (κ3) is 10.3. The molecule has 31 heavy (non-hydrogen) atoms. The first-order valence-corrected chi connectivity index (χ1v) is 13.2. The average Bonchev–Trinajstić information content (AvgIpc) is 2.75. The molecule has 0 bridgehead atoms. The Kier molecular flexibility index (Phi) is 11.6. The Morgan fingerprint density at radius 1 is 0.968 bits per heavy atom. The summed E-state index contributed by atoms with van der Waals surface area (Å²) in [6, 6.07) is 10.1. The molecule has 0 spiro atoms. The molecule has 1 aliphatic carbocycles. The molecule has 1 aliphatic rings. The zero-order chi connectivity index (χ0) is 22.5. The molecule has 1 amide bonds. The van der Waals surface area contributed by atoms with Crippen LogP contribution in [0.5, 0.6) is 0 Å². The van der Waals surface area contributed by atoms with E-state index >= 15 is 0 Å². The van der Waals surface area contributed by atoms with Crippen LogP contribution >= 0.6 is 0 Å². The van der Waals surface area contributed by atoms with E-state index in [1.807, 2.05) is 35.2 Å². The molecule has 0 saturated heterocycles. The molecule has 0 atom stereocenters. The van der Waals surface area contributed by atoms with Gasteiger partial charge in [-0.25, -0.2) is 0 Å². The van der Waals surface area contributed by atoms with Gasteiger partial charge in [0.1, 0.15) is 0 Å². The van der Waals surface area contributed by atoms with Crippen molar-refractivity contribution in [3.05, 3.63) is 65.4 Å². The van der Waals surface area contributed by atoms with Gasteiger partial charge >= 0.3 is 140 Å². The quantitative estimate of drug-likeness (QED) is 0.281. The molecule has 0 N–H and O–H groups in total. The van der Waals surface area contributed by atoms with Crippen molar-refractivity contribution >= 4 is 30.0 Å². The van der Waals surface area contributed by atoms with Crippen LogP contribution in [0.15, 0.2) is 65.4 Å². The van der Waals surface area contributed by atoms with Gasteiger partial charge < -0.3 is 0 Å². The summed E-state index contributed by atoms with van der Waals surface area (Å²) in [6.07, 6.45) is 15.9. The van der Waals surface area contributed by atoms with E-state index in [2.05, 4.69) is 32.1 Å². The van der Waals surface area contributed by atoms with E-state index in [9.17, 15) is 9.59 Å². The first-order valence-electron chi connectivity index (χ1n) is 11.5. The SMILES string of the molecule is CC(=O)N(C/C=C(\C)CC/C=C(\C)CCCC(=O)[Se]c1ccccc1)C1=CCCCC1. The molecule has 0 saturated carbocycles. The molecular formula is C27H37NO2Se. The van der Waals surface area contributed by atoms with Crippen LogP contribution in [0, 0.1) is 0 Å². The van der Waals surface area contributed by atoms with Crippen LogP contribution in [0.3, 0.4) is 0 Å². The Morgan fingerprint density at radius 2 is 1.71 bits per heavy atom. The number of amides is 1. The van der Waals surface area contributed by atoms with Crippen molar-refractivity contribution in [2.24, 2.45) is 0 Å². The van der Waals surface area contributed by atoms with Crippen molar-refractivity contribution < 1.29 is 9.59 Å². The van der Waals surface area contributed by atoms with Gasteiger partial charge in [0.15, 0.2) is 0 Å². The molecule has 4 heteroatoms. The van der Waals surface area contributed by atoms with E-state index in [1.54, 1.807) is 6.92 Å². The standard InChI is InChI=1S/C27H37NO2Se/c1-22(14-11-19-27(30)31-26-17-8-5-9-18-26)12-10-13-23(2)20-21-28(24(3)29)25-15-6-4-7-16-25/h5,8-9,12,15,17-18,20H,4,6-7,10-11,13-14,16,19,21H2,1-3H3/b22-12+,23-20+. The number of carbonyl (C=O) groups excluding carboxylic acids is 2. The van der Waals surface area contributed by atoms with Crippen molar-refractivity contribution in [1.82, 2.24) is 4.90 Å². The topological polar surface area (TPSA) is 37.4 Å². The molecule has 1 aromatic rings. The van der Waals surface area contributed by atoms with Crippen LogP contribution in [-0.4, -0.2) is 37.0 Å². The fraction of sp³-hybridized carbons (Fsp3) is 0.481. The zero-order valence-electron chi connectivity index (χ0n) is 19.4. The van der Waals surface area contributed by atoms with Crippen molar-refractivity contribution in [3.8, 4) is 0 Å². The molecular weight excluding hydrogens is 449 g/mol. The maximum Gasteiger partial charge on any atom is 0.0171 e. The van der Waals surface area contributed by atoms with Gasteiger partial charge in [0.25, 0.3) is 0 Å². The fourth-order valence-electron chi connectivity index (χ4n) is 3.69. The molecule has 2 rings (SSSR count). The van der Waals surface area contributed by atoms with Crippen LogP contribution in [0.25, 0.3) is 0 Å². The minimum absolute atomic E-state index is 0.0534. The summed E-state index contributed by atoms with van der Waals surface area (Å²) in [7, 11) is 0. The first-order chi connectivity index (χ1) is 15.0. The number of hydrogen-bond donors (Lipinski definition) is 0. The van der Waals surface area contributed by atoms with Crippen LogP contribution in [0.1, 0.15) is 78.6 Å². The van der Waals surface area contributed by atoms with Crippen LogP contribution in [0.4, 0.5) is 0 Å². The Bertz CT molecular complexity index is 808. The van der Waals surface area contributed by atoms with Gasteiger partial charge in [-0.2, -0.15) is 0 Å². The molecule has 3 nitrogen and oxygen atoms in total. The van der Waals surface area contributed by atoms with Crippen LogP contribution in [0.2, 0.25) is 0 Å². The van der Waals surface area contributed by atoms with Crippen LogP contribution < -0.4 is 4.46 Å². The van der Waals surface area contributed by atoms with Gasteiger partial charge in [0, 0.05) is 12.6 Å². The van der Waals surface area contributed by atoms with E-state index < -0.39 is 0 Å². The van der Waals surface area contributed by atoms with E-state index in [0.29, 0.717) is 17.6 Å². The maximum atomic E-state index is 12.2. The molecule has 0 aliphatic heterocycles. The Morgan fingerprint density at radius 3 is 2.39 bits per heavy atom. The Hall–Kier alpha value is -1.90. The van der Waals surface area contributed by atoms with Crippen LogP contribution in [-0.2, 0) is 9.59 Å². The van der Waals surface area contributed by atoms with Gasteiger partial charge in [-0.3, -0.25) is 4.79 Å². The van der Waals surface area contributed by atoms with E-state index in [0.717, 1.165) is 43.0 Å². The normalized spacial score (nSPS) is 14.9. The Labute approximate surface area is 194 Å². The molecule has 0 unspecified atom stereocenters. The van der Waals surface area contributed by atoms with Crippen molar-refractivity contribution in [2.45, 2.75) is 78.6 Å². The van der Waals surface area contributed by atoms with Crippen molar-refractivity contribution in [1.29, 1.82) is 0 Å². The van der Waals surface area contributed by atoms with Gasteiger partial charge in [-0.15, -0.1) is 0 Å². The summed E-state index contributed by atoms with van der Waals surface area (Å²) in [6.45, 7) is 6.66. The fourth-order valence-corrected chi connectivity index (χ4v) is 5.38. The van der Waals surface area contributed by atoms with E-state index in [-0.39, 0.29) is 20.9 Å². The molecule has 0 fully saturated rings. The van der Waals surface area contributed by atoms with E-state index in [1.165, 1.54) is 29.7 Å². The second kappa shape index (κ2) is 14.2. The third-order valence-corrected chi connectivity index (χ3v) is 7.55. The largest absolute Gasteiger partial charge is 0.0648 e. The molecule has 1 aromatic carbocycles.